The largest absolute Gasteiger partial charge is 0.309 e. The Kier molecular flexibility index (Phi) is 6.09. The molecule has 2 aromatic rings. The van der Waals surface area contributed by atoms with E-state index < -0.39 is 0 Å². The van der Waals surface area contributed by atoms with Gasteiger partial charge in [-0.05, 0) is 40.5 Å². The van der Waals surface area contributed by atoms with Crippen LogP contribution in [0.15, 0.2) is 40.2 Å². The molecule has 108 valence electrons. The van der Waals surface area contributed by atoms with Crippen molar-refractivity contribution in [1.29, 1.82) is 0 Å². The van der Waals surface area contributed by atoms with Crippen LogP contribution >= 0.6 is 38.9 Å². The Balaban J connectivity index is 2.35. The second-order valence-corrected chi connectivity index (χ2v) is 7.54. The summed E-state index contributed by atoms with van der Waals surface area (Å²) in [5, 5.41) is 4.42. The van der Waals surface area contributed by atoms with E-state index in [1.165, 1.54) is 10.4 Å². The van der Waals surface area contributed by atoms with Crippen LogP contribution in [0.1, 0.15) is 42.7 Å². The number of rotatable bonds is 6. The minimum absolute atomic E-state index is 0.307. The number of hydrogen-bond acceptors (Lipinski definition) is 2. The lowest BCUT2D eigenvalue weighted by molar-refractivity contribution is 0.451. The fourth-order valence-electron chi connectivity index (χ4n) is 2.54. The molecule has 2 unspecified atom stereocenters. The van der Waals surface area contributed by atoms with Crippen molar-refractivity contribution in [3.8, 4) is 0 Å². The molecule has 20 heavy (non-hydrogen) atoms. The SMILES string of the molecule is CCNC(c1cc(Cl)c(Br)s1)C(CC)c1ccccc1. The maximum atomic E-state index is 6.20. The summed E-state index contributed by atoms with van der Waals surface area (Å²) < 4.78 is 1.01. The van der Waals surface area contributed by atoms with Crippen LogP contribution in [0.2, 0.25) is 5.02 Å². The maximum Gasteiger partial charge on any atom is 0.0888 e. The van der Waals surface area contributed by atoms with Crippen molar-refractivity contribution < 1.29 is 0 Å². The third kappa shape index (κ3) is 3.64. The molecule has 2 rings (SSSR count). The topological polar surface area (TPSA) is 12.0 Å². The Hall–Kier alpha value is -0.350. The fraction of sp³-hybridized carbons (Fsp3) is 0.375. The third-order valence-electron chi connectivity index (χ3n) is 3.46. The molecule has 1 aromatic carbocycles. The Morgan fingerprint density at radius 3 is 2.45 bits per heavy atom. The molecule has 1 heterocycles. The van der Waals surface area contributed by atoms with Crippen molar-refractivity contribution in [2.45, 2.75) is 32.2 Å². The van der Waals surface area contributed by atoms with Crippen molar-refractivity contribution in [1.82, 2.24) is 5.32 Å². The van der Waals surface area contributed by atoms with Gasteiger partial charge in [-0.3, -0.25) is 0 Å². The third-order valence-corrected chi connectivity index (χ3v) is 6.02. The molecule has 0 amide bonds. The highest BCUT2D eigenvalue weighted by atomic mass is 79.9. The average molecular weight is 373 g/mol. The molecule has 1 N–H and O–H groups in total. The van der Waals surface area contributed by atoms with Gasteiger partial charge < -0.3 is 5.32 Å². The molecule has 1 nitrogen and oxygen atoms in total. The summed E-state index contributed by atoms with van der Waals surface area (Å²) in [6, 6.07) is 13.1. The molecule has 0 saturated heterocycles. The van der Waals surface area contributed by atoms with Crippen LogP contribution in [0.5, 0.6) is 0 Å². The van der Waals surface area contributed by atoms with Gasteiger partial charge in [-0.25, -0.2) is 0 Å². The number of thiophene rings is 1. The number of hydrogen-bond donors (Lipinski definition) is 1. The van der Waals surface area contributed by atoms with Crippen LogP contribution in [-0.4, -0.2) is 6.54 Å². The van der Waals surface area contributed by atoms with Crippen molar-refractivity contribution in [3.05, 3.63) is 55.6 Å². The van der Waals surface area contributed by atoms with Crippen molar-refractivity contribution in [2.75, 3.05) is 6.54 Å². The monoisotopic (exact) mass is 371 g/mol. The van der Waals surface area contributed by atoms with Crippen LogP contribution in [0.4, 0.5) is 0 Å². The van der Waals surface area contributed by atoms with Gasteiger partial charge in [-0.2, -0.15) is 0 Å². The lowest BCUT2D eigenvalue weighted by Crippen LogP contribution is -2.26. The van der Waals surface area contributed by atoms with Crippen molar-refractivity contribution >= 4 is 38.9 Å². The number of nitrogens with one attached hydrogen (secondary N) is 1. The predicted molar refractivity (Wildman–Crippen MR) is 92.9 cm³/mol. The summed E-state index contributed by atoms with van der Waals surface area (Å²) in [4.78, 5) is 1.29. The van der Waals surface area contributed by atoms with Crippen LogP contribution in [0.3, 0.4) is 0 Å². The summed E-state index contributed by atoms with van der Waals surface area (Å²) >= 11 is 11.4. The summed E-state index contributed by atoms with van der Waals surface area (Å²) in [5.74, 6) is 0.456. The predicted octanol–water partition coefficient (Wildman–Crippen LogP) is 6.01. The molecule has 0 radical (unpaired) electrons. The molecule has 0 bridgehead atoms. The van der Waals surface area contributed by atoms with E-state index >= 15 is 0 Å². The smallest absolute Gasteiger partial charge is 0.0888 e. The second kappa shape index (κ2) is 7.60. The molecular formula is C16H19BrClNS. The van der Waals surface area contributed by atoms with Crippen molar-refractivity contribution in [3.63, 3.8) is 0 Å². The molecule has 4 heteroatoms. The van der Waals surface area contributed by atoms with E-state index in [0.29, 0.717) is 12.0 Å². The highest BCUT2D eigenvalue weighted by Gasteiger charge is 2.24. The van der Waals surface area contributed by atoms with Crippen LogP contribution in [-0.2, 0) is 0 Å². The van der Waals surface area contributed by atoms with Gasteiger partial charge in [-0.1, -0.05) is 55.8 Å². The van der Waals surface area contributed by atoms with Crippen LogP contribution in [0, 0.1) is 0 Å². The normalized spacial score (nSPS) is 14.2. The summed E-state index contributed by atoms with van der Waals surface area (Å²) in [7, 11) is 0. The second-order valence-electron chi connectivity index (χ2n) is 4.73. The highest BCUT2D eigenvalue weighted by molar-refractivity contribution is 9.11. The van der Waals surface area contributed by atoms with Gasteiger partial charge in [0.1, 0.15) is 0 Å². The minimum atomic E-state index is 0.307. The van der Waals surface area contributed by atoms with E-state index in [0.717, 1.165) is 21.8 Å². The van der Waals surface area contributed by atoms with Crippen LogP contribution < -0.4 is 5.32 Å². The molecule has 0 aliphatic carbocycles. The van der Waals surface area contributed by atoms with E-state index in [1.54, 1.807) is 11.3 Å². The van der Waals surface area contributed by atoms with E-state index in [1.807, 2.05) is 0 Å². The molecule has 0 aliphatic rings. The lowest BCUT2D eigenvalue weighted by Gasteiger charge is -2.26. The molecule has 1 aromatic heterocycles. The van der Waals surface area contributed by atoms with E-state index in [4.69, 9.17) is 11.6 Å². The molecule has 0 spiro atoms. The van der Waals surface area contributed by atoms with Crippen molar-refractivity contribution in [2.24, 2.45) is 0 Å². The van der Waals surface area contributed by atoms with E-state index in [9.17, 15) is 0 Å². The number of likely N-dealkylation sites (N-methyl/N-ethyl adjacent to an activating group) is 1. The first-order valence-corrected chi connectivity index (χ1v) is 8.89. The van der Waals surface area contributed by atoms with Gasteiger partial charge in [0.05, 0.1) is 8.81 Å². The Morgan fingerprint density at radius 2 is 1.95 bits per heavy atom. The zero-order chi connectivity index (χ0) is 14.5. The number of benzene rings is 1. The van der Waals surface area contributed by atoms with E-state index in [2.05, 4.69) is 71.5 Å². The summed E-state index contributed by atoms with van der Waals surface area (Å²) in [6.07, 6.45) is 1.09. The van der Waals surface area contributed by atoms with Gasteiger partial charge >= 0.3 is 0 Å². The molecular weight excluding hydrogens is 354 g/mol. The lowest BCUT2D eigenvalue weighted by atomic mass is 9.88. The first-order valence-electron chi connectivity index (χ1n) is 6.90. The highest BCUT2D eigenvalue weighted by Crippen LogP contribution is 2.41. The number of halogens is 2. The quantitative estimate of drug-likeness (QED) is 0.655. The fourth-order valence-corrected chi connectivity index (χ4v) is 4.43. The Bertz CT molecular complexity index is 521. The van der Waals surface area contributed by atoms with Gasteiger partial charge in [0.15, 0.2) is 0 Å². The van der Waals surface area contributed by atoms with E-state index in [-0.39, 0.29) is 0 Å². The first kappa shape index (κ1) is 16.0. The summed E-state index contributed by atoms with van der Waals surface area (Å²) in [6.45, 7) is 5.34. The Labute approximate surface area is 138 Å². The molecule has 2 atom stereocenters. The standard InChI is InChI=1S/C16H19BrClNS/c1-3-12(11-8-6-5-7-9-11)15(19-4-2)14-10-13(18)16(17)20-14/h5-10,12,15,19H,3-4H2,1-2H3. The van der Waals surface area contributed by atoms with Gasteiger partial charge in [0.25, 0.3) is 0 Å². The minimum Gasteiger partial charge on any atom is -0.309 e. The Morgan fingerprint density at radius 1 is 1.25 bits per heavy atom. The van der Waals surface area contributed by atoms with Gasteiger partial charge in [-0.15, -0.1) is 11.3 Å². The molecule has 0 fully saturated rings. The van der Waals surface area contributed by atoms with Crippen LogP contribution in [0.25, 0.3) is 0 Å². The van der Waals surface area contributed by atoms with Gasteiger partial charge in [0, 0.05) is 16.8 Å². The zero-order valence-electron chi connectivity index (χ0n) is 11.7. The average Bonchev–Trinajstić information content (AvgIpc) is 2.79. The zero-order valence-corrected chi connectivity index (χ0v) is 14.9. The molecule has 0 saturated carbocycles. The van der Waals surface area contributed by atoms with Gasteiger partial charge in [0.2, 0.25) is 0 Å². The summed E-state index contributed by atoms with van der Waals surface area (Å²) in [5.41, 5.74) is 1.38. The molecule has 0 aliphatic heterocycles. The first-order chi connectivity index (χ1) is 9.67. The maximum absolute atomic E-state index is 6.20.